The Balaban J connectivity index is 1.62. The summed E-state index contributed by atoms with van der Waals surface area (Å²) in [5.41, 5.74) is 3.36. The van der Waals surface area contributed by atoms with Gasteiger partial charge in [0.2, 0.25) is 0 Å². The lowest BCUT2D eigenvalue weighted by atomic mass is 10.1. The SMILES string of the molecule is COCCOc1cc2ncc(C#N)c(Nc3ccc(Oc4cccc(C(=O)NC(C)(C)C)c4)c(C)c3)c2cc1OCCOC. The maximum Gasteiger partial charge on any atom is 0.251 e. The summed E-state index contributed by atoms with van der Waals surface area (Å²) in [6.07, 6.45) is 1.53. The number of carbonyl (C=O) groups excluding carboxylic acids is 1. The lowest BCUT2D eigenvalue weighted by molar-refractivity contribution is 0.0919. The molecule has 0 aliphatic heterocycles. The van der Waals surface area contributed by atoms with Crippen molar-refractivity contribution < 1.29 is 28.5 Å². The van der Waals surface area contributed by atoms with Crippen molar-refractivity contribution in [3.05, 3.63) is 77.5 Å². The first kappa shape index (κ1) is 32.1. The zero-order chi connectivity index (χ0) is 31.7. The zero-order valence-electron chi connectivity index (χ0n) is 25.9. The smallest absolute Gasteiger partial charge is 0.251 e. The van der Waals surface area contributed by atoms with Crippen molar-refractivity contribution in [2.75, 3.05) is 46.0 Å². The van der Waals surface area contributed by atoms with Gasteiger partial charge in [-0.1, -0.05) is 6.07 Å². The molecule has 0 radical (unpaired) electrons. The number of aryl methyl sites for hydroxylation is 1. The summed E-state index contributed by atoms with van der Waals surface area (Å²) < 4.78 is 28.3. The van der Waals surface area contributed by atoms with Gasteiger partial charge in [0.25, 0.3) is 5.91 Å². The number of hydrogen-bond acceptors (Lipinski definition) is 9. The van der Waals surface area contributed by atoms with Crippen LogP contribution in [0.25, 0.3) is 10.9 Å². The highest BCUT2D eigenvalue weighted by atomic mass is 16.5. The summed E-state index contributed by atoms with van der Waals surface area (Å²) in [7, 11) is 3.21. The number of aromatic nitrogens is 1. The molecule has 1 amide bonds. The fraction of sp³-hybridized carbons (Fsp3) is 0.324. The summed E-state index contributed by atoms with van der Waals surface area (Å²) in [6.45, 7) is 9.21. The van der Waals surface area contributed by atoms with Crippen LogP contribution in [-0.2, 0) is 9.47 Å². The van der Waals surface area contributed by atoms with Crippen LogP contribution < -0.4 is 24.8 Å². The molecular formula is C34H38N4O6. The van der Waals surface area contributed by atoms with E-state index in [-0.39, 0.29) is 11.4 Å². The van der Waals surface area contributed by atoms with Crippen LogP contribution in [0.2, 0.25) is 0 Å². The van der Waals surface area contributed by atoms with E-state index in [0.29, 0.717) is 77.1 Å². The van der Waals surface area contributed by atoms with Gasteiger partial charge in [-0.15, -0.1) is 0 Å². The fourth-order valence-electron chi connectivity index (χ4n) is 4.34. The van der Waals surface area contributed by atoms with Gasteiger partial charge in [0.1, 0.15) is 30.8 Å². The van der Waals surface area contributed by atoms with E-state index in [1.54, 1.807) is 44.6 Å². The second kappa shape index (κ2) is 14.6. The van der Waals surface area contributed by atoms with Crippen LogP contribution in [0.4, 0.5) is 11.4 Å². The molecule has 0 aliphatic rings. The van der Waals surface area contributed by atoms with Crippen LogP contribution in [0.1, 0.15) is 42.3 Å². The summed E-state index contributed by atoms with van der Waals surface area (Å²) in [5.74, 6) is 2.04. The standard InChI is InChI=1S/C34H38N4O6/c1-22-16-25(10-11-29(22)44-26-9-7-8-23(17-26)33(39)38-34(2,3)4)37-32-24(20-35)21-36-28-19-31(43-15-13-41-6)30(18-27(28)32)42-14-12-40-5/h7-11,16-19,21H,12-15H2,1-6H3,(H,36,37)(H,38,39). The molecular weight excluding hydrogens is 560 g/mol. The number of benzene rings is 3. The van der Waals surface area contributed by atoms with Crippen LogP contribution in [0, 0.1) is 18.3 Å². The first-order valence-electron chi connectivity index (χ1n) is 14.2. The third-order valence-corrected chi connectivity index (χ3v) is 6.40. The Morgan fingerprint density at radius 2 is 1.61 bits per heavy atom. The number of hydrogen-bond donors (Lipinski definition) is 2. The normalized spacial score (nSPS) is 11.1. The van der Waals surface area contributed by atoms with Crippen LogP contribution >= 0.6 is 0 Å². The lowest BCUT2D eigenvalue weighted by Crippen LogP contribution is -2.40. The van der Waals surface area contributed by atoms with Gasteiger partial charge >= 0.3 is 0 Å². The molecule has 0 aliphatic carbocycles. The Morgan fingerprint density at radius 3 is 2.25 bits per heavy atom. The molecule has 3 aromatic carbocycles. The number of nitrogens with zero attached hydrogens (tertiary/aromatic N) is 2. The molecule has 0 atom stereocenters. The Hall–Kier alpha value is -4.85. The fourth-order valence-corrected chi connectivity index (χ4v) is 4.34. The van der Waals surface area contributed by atoms with Gasteiger partial charge in [0.15, 0.2) is 11.5 Å². The van der Waals surface area contributed by atoms with Gasteiger partial charge in [-0.25, -0.2) is 0 Å². The predicted molar refractivity (Wildman–Crippen MR) is 169 cm³/mol. The number of ether oxygens (including phenoxy) is 5. The summed E-state index contributed by atoms with van der Waals surface area (Å²) in [6, 6.07) is 18.5. The minimum Gasteiger partial charge on any atom is -0.487 e. The van der Waals surface area contributed by atoms with Gasteiger partial charge in [-0.2, -0.15) is 5.26 Å². The number of fused-ring (bicyclic) bond motifs is 1. The largest absolute Gasteiger partial charge is 0.487 e. The first-order chi connectivity index (χ1) is 21.1. The molecule has 2 N–H and O–H groups in total. The molecule has 0 bridgehead atoms. The average Bonchev–Trinajstić information content (AvgIpc) is 2.98. The molecule has 44 heavy (non-hydrogen) atoms. The van der Waals surface area contributed by atoms with E-state index in [4.69, 9.17) is 23.7 Å². The van der Waals surface area contributed by atoms with E-state index < -0.39 is 0 Å². The Morgan fingerprint density at radius 1 is 0.909 bits per heavy atom. The van der Waals surface area contributed by atoms with E-state index in [1.165, 1.54) is 6.20 Å². The number of anilines is 2. The third kappa shape index (κ3) is 8.37. The molecule has 0 saturated carbocycles. The highest BCUT2D eigenvalue weighted by Crippen LogP contribution is 2.38. The third-order valence-electron chi connectivity index (χ3n) is 6.40. The number of methoxy groups -OCH3 is 2. The second-order valence-electron chi connectivity index (χ2n) is 11.1. The number of rotatable bonds is 13. The predicted octanol–water partition coefficient (Wildman–Crippen LogP) is 6.53. The molecule has 4 aromatic rings. The minimum absolute atomic E-state index is 0.169. The minimum atomic E-state index is -0.350. The Kier molecular flexibility index (Phi) is 10.6. The van der Waals surface area contributed by atoms with Crippen LogP contribution in [0.3, 0.4) is 0 Å². The lowest BCUT2D eigenvalue weighted by Gasteiger charge is -2.20. The summed E-state index contributed by atoms with van der Waals surface area (Å²) >= 11 is 0. The molecule has 10 nitrogen and oxygen atoms in total. The molecule has 0 fully saturated rings. The zero-order valence-corrected chi connectivity index (χ0v) is 25.9. The highest BCUT2D eigenvalue weighted by Gasteiger charge is 2.17. The molecule has 10 heteroatoms. The first-order valence-corrected chi connectivity index (χ1v) is 14.2. The Bertz CT molecular complexity index is 1660. The number of amides is 1. The summed E-state index contributed by atoms with van der Waals surface area (Å²) in [4.78, 5) is 17.1. The quantitative estimate of drug-likeness (QED) is 0.165. The molecule has 4 rings (SSSR count). The maximum atomic E-state index is 12.6. The van der Waals surface area contributed by atoms with Gasteiger partial charge in [-0.05, 0) is 75.7 Å². The van der Waals surface area contributed by atoms with E-state index in [2.05, 4.69) is 21.7 Å². The second-order valence-corrected chi connectivity index (χ2v) is 11.1. The van der Waals surface area contributed by atoms with E-state index in [1.807, 2.05) is 52.0 Å². The molecule has 0 spiro atoms. The molecule has 1 aromatic heterocycles. The number of nitriles is 1. The van der Waals surface area contributed by atoms with Gasteiger partial charge in [0, 0.05) is 48.7 Å². The topological polar surface area (TPSA) is 124 Å². The van der Waals surface area contributed by atoms with Crippen molar-refractivity contribution in [1.82, 2.24) is 10.3 Å². The van der Waals surface area contributed by atoms with Gasteiger partial charge in [-0.3, -0.25) is 9.78 Å². The molecule has 0 saturated heterocycles. The van der Waals surface area contributed by atoms with E-state index in [0.717, 1.165) is 11.3 Å². The van der Waals surface area contributed by atoms with Gasteiger partial charge in [0.05, 0.1) is 30.0 Å². The van der Waals surface area contributed by atoms with Crippen molar-refractivity contribution in [1.29, 1.82) is 5.26 Å². The van der Waals surface area contributed by atoms with Crippen LogP contribution in [0.15, 0.2) is 60.8 Å². The molecule has 1 heterocycles. The molecule has 0 unspecified atom stereocenters. The average molecular weight is 599 g/mol. The van der Waals surface area contributed by atoms with Crippen molar-refractivity contribution >= 4 is 28.2 Å². The van der Waals surface area contributed by atoms with E-state index in [9.17, 15) is 10.1 Å². The Labute approximate surface area is 257 Å². The van der Waals surface area contributed by atoms with Crippen molar-refractivity contribution in [3.63, 3.8) is 0 Å². The van der Waals surface area contributed by atoms with E-state index >= 15 is 0 Å². The van der Waals surface area contributed by atoms with Crippen LogP contribution in [0.5, 0.6) is 23.0 Å². The van der Waals surface area contributed by atoms with Crippen molar-refractivity contribution in [2.24, 2.45) is 0 Å². The van der Waals surface area contributed by atoms with Crippen LogP contribution in [-0.4, -0.2) is 57.1 Å². The van der Waals surface area contributed by atoms with Crippen molar-refractivity contribution in [3.8, 4) is 29.1 Å². The number of pyridine rings is 1. The van der Waals surface area contributed by atoms with Crippen molar-refractivity contribution in [2.45, 2.75) is 33.2 Å². The number of nitrogens with one attached hydrogen (secondary N) is 2. The maximum absolute atomic E-state index is 12.6. The van der Waals surface area contributed by atoms with Gasteiger partial charge < -0.3 is 34.3 Å². The monoisotopic (exact) mass is 598 g/mol. The number of carbonyl (C=O) groups is 1. The molecule has 230 valence electrons. The summed E-state index contributed by atoms with van der Waals surface area (Å²) in [5, 5.41) is 17.0. The highest BCUT2D eigenvalue weighted by molar-refractivity contribution is 5.98.